The number of thioether (sulfide) groups is 1. The summed E-state index contributed by atoms with van der Waals surface area (Å²) in [6, 6.07) is 8.60. The Morgan fingerprint density at radius 2 is 2.14 bits per heavy atom. The van der Waals surface area contributed by atoms with E-state index in [1.807, 2.05) is 23.9 Å². The predicted octanol–water partition coefficient (Wildman–Crippen LogP) is 3.52. The number of hydrogen-bond donors (Lipinski definition) is 1. The van der Waals surface area contributed by atoms with Gasteiger partial charge in [0.15, 0.2) is 0 Å². The quantitative estimate of drug-likeness (QED) is 0.850. The third kappa shape index (κ3) is 4.03. The molecule has 0 saturated carbocycles. The molecule has 0 amide bonds. The largest absolute Gasteiger partial charge is 0.327 e. The lowest BCUT2D eigenvalue weighted by Gasteiger charge is -2.14. The van der Waals surface area contributed by atoms with E-state index in [-0.39, 0.29) is 6.04 Å². The highest BCUT2D eigenvalue weighted by Crippen LogP contribution is 2.23. The number of benzene rings is 1. The van der Waals surface area contributed by atoms with Crippen LogP contribution in [0.4, 0.5) is 0 Å². The minimum atomic E-state index is 0.277. The first-order valence-electron chi connectivity index (χ1n) is 4.73. The number of halogens is 1. The topological polar surface area (TPSA) is 26.0 Å². The van der Waals surface area contributed by atoms with Gasteiger partial charge in [-0.3, -0.25) is 0 Å². The van der Waals surface area contributed by atoms with Gasteiger partial charge in [0.2, 0.25) is 0 Å². The molecule has 0 radical (unpaired) electrons. The van der Waals surface area contributed by atoms with Crippen LogP contribution in [-0.4, -0.2) is 11.8 Å². The molecule has 0 aliphatic heterocycles. The molecule has 0 aromatic heterocycles. The second-order valence-electron chi connectivity index (χ2n) is 3.68. The maximum Gasteiger partial charge on any atom is 0.0186 e. The van der Waals surface area contributed by atoms with Crippen LogP contribution in [0.15, 0.2) is 33.6 Å². The number of hydrogen-bond acceptors (Lipinski definition) is 2. The molecule has 2 N–H and O–H groups in total. The molecule has 1 nitrogen and oxygen atoms in total. The summed E-state index contributed by atoms with van der Waals surface area (Å²) < 4.78 is 1.13. The van der Waals surface area contributed by atoms with Crippen LogP contribution in [0.2, 0.25) is 0 Å². The molecule has 0 bridgehead atoms. The van der Waals surface area contributed by atoms with Crippen molar-refractivity contribution in [3.05, 3.63) is 28.7 Å². The average Bonchev–Trinajstić information content (AvgIpc) is 2.14. The summed E-state index contributed by atoms with van der Waals surface area (Å²) in [5.74, 6) is 1.53. The van der Waals surface area contributed by atoms with Crippen molar-refractivity contribution in [3.8, 4) is 0 Å². The van der Waals surface area contributed by atoms with E-state index >= 15 is 0 Å². The summed E-state index contributed by atoms with van der Waals surface area (Å²) in [5.41, 5.74) is 5.97. The molecule has 0 aliphatic rings. The molecule has 1 unspecified atom stereocenters. The normalized spacial score (nSPS) is 13.2. The monoisotopic (exact) mass is 273 g/mol. The standard InChI is InChI=1S/C11H16BrNS/c1-8(2)11(13)7-14-10-5-3-4-9(12)6-10/h3-6,8,11H,7,13H2,1-2H3. The fourth-order valence-electron chi connectivity index (χ4n) is 0.942. The molecule has 0 aliphatic carbocycles. The van der Waals surface area contributed by atoms with Crippen molar-refractivity contribution >= 4 is 27.7 Å². The van der Waals surface area contributed by atoms with Crippen LogP contribution < -0.4 is 5.73 Å². The van der Waals surface area contributed by atoms with Gasteiger partial charge in [-0.1, -0.05) is 35.8 Å². The van der Waals surface area contributed by atoms with Gasteiger partial charge < -0.3 is 5.73 Å². The highest BCUT2D eigenvalue weighted by atomic mass is 79.9. The van der Waals surface area contributed by atoms with Crippen LogP contribution in [0.25, 0.3) is 0 Å². The van der Waals surface area contributed by atoms with Crippen LogP contribution >= 0.6 is 27.7 Å². The fraction of sp³-hybridized carbons (Fsp3) is 0.455. The molecule has 0 fully saturated rings. The maximum absolute atomic E-state index is 5.97. The highest BCUT2D eigenvalue weighted by Gasteiger charge is 2.07. The van der Waals surface area contributed by atoms with E-state index in [0.29, 0.717) is 5.92 Å². The summed E-state index contributed by atoms with van der Waals surface area (Å²) >= 11 is 5.27. The fourth-order valence-corrected chi connectivity index (χ4v) is 2.65. The van der Waals surface area contributed by atoms with Gasteiger partial charge in [-0.25, -0.2) is 0 Å². The molecule has 1 rings (SSSR count). The first-order valence-corrected chi connectivity index (χ1v) is 6.51. The molecule has 3 heteroatoms. The van der Waals surface area contributed by atoms with Gasteiger partial charge in [-0.15, -0.1) is 11.8 Å². The first-order chi connectivity index (χ1) is 6.59. The van der Waals surface area contributed by atoms with Crippen LogP contribution in [0.1, 0.15) is 13.8 Å². The Morgan fingerprint density at radius 3 is 2.71 bits per heavy atom. The van der Waals surface area contributed by atoms with Crippen molar-refractivity contribution in [1.82, 2.24) is 0 Å². The number of nitrogens with two attached hydrogens (primary N) is 1. The zero-order valence-corrected chi connectivity index (χ0v) is 10.9. The van der Waals surface area contributed by atoms with E-state index in [1.165, 1.54) is 4.90 Å². The zero-order valence-electron chi connectivity index (χ0n) is 8.53. The van der Waals surface area contributed by atoms with Crippen molar-refractivity contribution < 1.29 is 0 Å². The lowest BCUT2D eigenvalue weighted by atomic mass is 10.1. The summed E-state index contributed by atoms with van der Waals surface area (Å²) in [7, 11) is 0. The SMILES string of the molecule is CC(C)C(N)CSc1cccc(Br)c1. The molecule has 1 atom stereocenters. The Balaban J connectivity index is 2.45. The van der Waals surface area contributed by atoms with E-state index in [0.717, 1.165) is 10.2 Å². The first kappa shape index (κ1) is 12.1. The predicted molar refractivity (Wildman–Crippen MR) is 67.7 cm³/mol. The van der Waals surface area contributed by atoms with Crippen molar-refractivity contribution in [2.24, 2.45) is 11.7 Å². The highest BCUT2D eigenvalue weighted by molar-refractivity contribution is 9.10. The van der Waals surface area contributed by atoms with Gasteiger partial charge in [-0.2, -0.15) is 0 Å². The third-order valence-electron chi connectivity index (χ3n) is 2.09. The summed E-state index contributed by atoms with van der Waals surface area (Å²) in [4.78, 5) is 1.27. The van der Waals surface area contributed by atoms with Crippen molar-refractivity contribution in [1.29, 1.82) is 0 Å². The van der Waals surface area contributed by atoms with Gasteiger partial charge >= 0.3 is 0 Å². The van der Waals surface area contributed by atoms with Gasteiger partial charge in [0, 0.05) is 21.2 Å². The third-order valence-corrected chi connectivity index (χ3v) is 3.73. The van der Waals surface area contributed by atoms with Crippen LogP contribution in [0, 0.1) is 5.92 Å². The minimum absolute atomic E-state index is 0.277. The van der Waals surface area contributed by atoms with E-state index in [2.05, 4.69) is 41.9 Å². The Kier molecular flexibility index (Phi) is 4.99. The van der Waals surface area contributed by atoms with Gasteiger partial charge in [0.25, 0.3) is 0 Å². The Hall–Kier alpha value is 0.01000. The van der Waals surface area contributed by atoms with Gasteiger partial charge in [-0.05, 0) is 24.1 Å². The van der Waals surface area contributed by atoms with Crippen LogP contribution in [0.5, 0.6) is 0 Å². The van der Waals surface area contributed by atoms with E-state index < -0.39 is 0 Å². The van der Waals surface area contributed by atoms with Gasteiger partial charge in [0.1, 0.15) is 0 Å². The molecule has 0 saturated heterocycles. The summed E-state index contributed by atoms with van der Waals surface area (Å²) in [5, 5.41) is 0. The average molecular weight is 274 g/mol. The Morgan fingerprint density at radius 1 is 1.43 bits per heavy atom. The molecule has 1 aromatic rings. The number of rotatable bonds is 4. The van der Waals surface area contributed by atoms with E-state index in [9.17, 15) is 0 Å². The van der Waals surface area contributed by atoms with Crippen molar-refractivity contribution in [3.63, 3.8) is 0 Å². The van der Waals surface area contributed by atoms with E-state index in [1.54, 1.807) is 0 Å². The second kappa shape index (κ2) is 5.79. The zero-order chi connectivity index (χ0) is 10.6. The van der Waals surface area contributed by atoms with Crippen LogP contribution in [0.3, 0.4) is 0 Å². The lowest BCUT2D eigenvalue weighted by Crippen LogP contribution is -2.28. The molecule has 14 heavy (non-hydrogen) atoms. The minimum Gasteiger partial charge on any atom is -0.327 e. The Labute approximate surface area is 98.6 Å². The summed E-state index contributed by atoms with van der Waals surface area (Å²) in [6.45, 7) is 4.32. The van der Waals surface area contributed by atoms with E-state index in [4.69, 9.17) is 5.73 Å². The molecule has 0 spiro atoms. The molecule has 0 heterocycles. The molecular weight excluding hydrogens is 258 g/mol. The van der Waals surface area contributed by atoms with Crippen molar-refractivity contribution in [2.75, 3.05) is 5.75 Å². The van der Waals surface area contributed by atoms with Gasteiger partial charge in [0.05, 0.1) is 0 Å². The smallest absolute Gasteiger partial charge is 0.0186 e. The summed E-state index contributed by atoms with van der Waals surface area (Å²) in [6.07, 6.45) is 0. The molecule has 78 valence electrons. The maximum atomic E-state index is 5.97. The molecule has 1 aromatic carbocycles. The van der Waals surface area contributed by atoms with Crippen LogP contribution in [-0.2, 0) is 0 Å². The lowest BCUT2D eigenvalue weighted by molar-refractivity contribution is 0.535. The molecular formula is C11H16BrNS. The Bertz CT molecular complexity index is 288. The second-order valence-corrected chi connectivity index (χ2v) is 5.69. The van der Waals surface area contributed by atoms with Crippen molar-refractivity contribution in [2.45, 2.75) is 24.8 Å².